The normalized spacial score (nSPS) is 30.9. The lowest BCUT2D eigenvalue weighted by molar-refractivity contribution is -0.138. The zero-order valence-electron chi connectivity index (χ0n) is 20.8. The van der Waals surface area contributed by atoms with Crippen LogP contribution >= 0.6 is 0 Å². The number of nitriles is 1. The third kappa shape index (κ3) is 3.47. The summed E-state index contributed by atoms with van der Waals surface area (Å²) in [6.45, 7) is 5.87. The van der Waals surface area contributed by atoms with Crippen LogP contribution in [-0.4, -0.2) is 50.3 Å². The maximum atomic E-state index is 13.8. The van der Waals surface area contributed by atoms with Gasteiger partial charge in [0.15, 0.2) is 0 Å². The highest BCUT2D eigenvalue weighted by molar-refractivity contribution is 6.23. The molecular weight excluding hydrogens is 507 g/mol. The van der Waals surface area contributed by atoms with Gasteiger partial charge in [-0.3, -0.25) is 19.5 Å². The van der Waals surface area contributed by atoms with Crippen molar-refractivity contribution in [2.45, 2.75) is 63.6 Å². The van der Waals surface area contributed by atoms with Crippen LogP contribution in [0.25, 0.3) is 0 Å². The fraction of sp³-hybridized carbons (Fsp3) is 0.480. The number of rotatable bonds is 4. The van der Waals surface area contributed by atoms with Crippen molar-refractivity contribution in [2.24, 2.45) is 11.8 Å². The van der Waals surface area contributed by atoms with E-state index in [1.54, 1.807) is 13.8 Å². The molecule has 2 aromatic rings. The van der Waals surface area contributed by atoms with E-state index in [0.717, 1.165) is 17.9 Å². The smallest absolute Gasteiger partial charge is 0.387 e. The molecule has 3 fully saturated rings. The summed E-state index contributed by atoms with van der Waals surface area (Å²) in [6.07, 6.45) is -5.57. The molecule has 3 amide bonds. The minimum atomic E-state index is -4.87. The van der Waals surface area contributed by atoms with E-state index < -0.39 is 75.8 Å². The Morgan fingerprint density at radius 3 is 2.55 bits per heavy atom. The van der Waals surface area contributed by atoms with Crippen LogP contribution in [-0.2, 0) is 20.5 Å². The van der Waals surface area contributed by atoms with Gasteiger partial charge in [0.2, 0.25) is 11.8 Å². The Morgan fingerprint density at radius 2 is 1.97 bits per heavy atom. The number of aromatic nitrogens is 2. The molecular formula is C25H24F3N5O5. The van der Waals surface area contributed by atoms with Crippen molar-refractivity contribution in [1.29, 1.82) is 5.26 Å². The number of carbonyl (C=O) groups excluding carboxylic acids is 3. The molecule has 2 bridgehead atoms. The minimum Gasteiger partial charge on any atom is -0.387 e. The predicted octanol–water partition coefficient (Wildman–Crippen LogP) is 2.52. The number of aliphatic hydroxyl groups excluding tert-OH is 1. The van der Waals surface area contributed by atoms with E-state index in [1.165, 1.54) is 25.1 Å². The summed E-state index contributed by atoms with van der Waals surface area (Å²) in [7, 11) is 0. The molecule has 0 spiro atoms. The van der Waals surface area contributed by atoms with Crippen LogP contribution in [0.4, 0.5) is 18.9 Å². The summed E-state index contributed by atoms with van der Waals surface area (Å²) in [5.41, 5.74) is -4.60. The van der Waals surface area contributed by atoms with Gasteiger partial charge in [0.05, 0.1) is 63.8 Å². The summed E-state index contributed by atoms with van der Waals surface area (Å²) in [6, 6.07) is 4.31. The van der Waals surface area contributed by atoms with Gasteiger partial charge in [-0.25, -0.2) is 4.90 Å². The molecule has 1 aromatic carbocycles. The van der Waals surface area contributed by atoms with E-state index in [1.807, 2.05) is 0 Å². The second-order valence-corrected chi connectivity index (χ2v) is 10.4. The second-order valence-electron chi connectivity index (χ2n) is 10.4. The third-order valence-corrected chi connectivity index (χ3v) is 8.00. The maximum Gasteiger partial charge on any atom is 0.418 e. The van der Waals surface area contributed by atoms with Gasteiger partial charge < -0.3 is 15.2 Å². The summed E-state index contributed by atoms with van der Waals surface area (Å²) in [5, 5.41) is 28.1. The van der Waals surface area contributed by atoms with Crippen molar-refractivity contribution in [3.05, 3.63) is 46.3 Å². The van der Waals surface area contributed by atoms with Gasteiger partial charge in [0, 0.05) is 6.42 Å². The average molecular weight is 531 g/mol. The third-order valence-electron chi connectivity index (χ3n) is 8.00. The number of amides is 3. The van der Waals surface area contributed by atoms with Crippen LogP contribution in [0.15, 0.2) is 18.2 Å². The van der Waals surface area contributed by atoms with Crippen LogP contribution in [0.5, 0.6) is 0 Å². The Labute approximate surface area is 214 Å². The molecule has 4 heterocycles. The number of aliphatic hydroxyl groups is 1. The molecule has 3 saturated heterocycles. The first kappa shape index (κ1) is 25.9. The Kier molecular flexibility index (Phi) is 5.53. The number of anilines is 1. The van der Waals surface area contributed by atoms with E-state index in [4.69, 9.17) is 4.74 Å². The van der Waals surface area contributed by atoms with Crippen LogP contribution in [0, 0.1) is 30.1 Å². The fourth-order valence-corrected chi connectivity index (χ4v) is 6.29. The Bertz CT molecular complexity index is 1430. The van der Waals surface area contributed by atoms with Crippen molar-refractivity contribution in [2.75, 3.05) is 4.90 Å². The van der Waals surface area contributed by atoms with Gasteiger partial charge >= 0.3 is 6.18 Å². The first-order chi connectivity index (χ1) is 17.6. The van der Waals surface area contributed by atoms with Crippen molar-refractivity contribution >= 4 is 23.4 Å². The second kappa shape index (κ2) is 8.12. The zero-order chi connectivity index (χ0) is 27.9. The molecule has 13 heteroatoms. The largest absolute Gasteiger partial charge is 0.418 e. The average Bonchev–Trinajstić information content (AvgIpc) is 3.52. The number of H-pyrrole nitrogens is 1. The van der Waals surface area contributed by atoms with E-state index in [0.29, 0.717) is 5.69 Å². The van der Waals surface area contributed by atoms with Gasteiger partial charge in [-0.05, 0) is 51.5 Å². The van der Waals surface area contributed by atoms with Crippen LogP contribution in [0.2, 0.25) is 0 Å². The minimum absolute atomic E-state index is 0.0114. The van der Waals surface area contributed by atoms with Gasteiger partial charge in [0.1, 0.15) is 5.69 Å². The molecule has 0 radical (unpaired) electrons. The molecule has 1 unspecified atom stereocenters. The van der Waals surface area contributed by atoms with E-state index >= 15 is 0 Å². The molecule has 3 aliphatic rings. The van der Waals surface area contributed by atoms with Gasteiger partial charge in [-0.15, -0.1) is 0 Å². The number of nitrogens with zero attached hydrogens (tertiary/aromatic N) is 3. The van der Waals surface area contributed by atoms with Crippen LogP contribution < -0.4 is 10.2 Å². The first-order valence-corrected chi connectivity index (χ1v) is 11.9. The van der Waals surface area contributed by atoms with E-state index in [2.05, 4.69) is 15.5 Å². The molecule has 3 N–H and O–H groups in total. The highest BCUT2D eigenvalue weighted by atomic mass is 19.4. The van der Waals surface area contributed by atoms with Gasteiger partial charge in [-0.2, -0.15) is 23.5 Å². The van der Waals surface area contributed by atoms with Gasteiger partial charge in [-0.1, -0.05) is 0 Å². The number of carbonyl (C=O) groups is 3. The van der Waals surface area contributed by atoms with Crippen LogP contribution in [0.1, 0.15) is 66.2 Å². The fourth-order valence-electron chi connectivity index (χ4n) is 6.29. The summed E-state index contributed by atoms with van der Waals surface area (Å²) < 4.78 is 47.5. The van der Waals surface area contributed by atoms with E-state index in [-0.39, 0.29) is 17.8 Å². The molecule has 0 aliphatic carbocycles. The molecule has 10 nitrogen and oxygen atoms in total. The zero-order valence-corrected chi connectivity index (χ0v) is 20.8. The number of halogens is 3. The number of hydrogen-bond acceptors (Lipinski definition) is 7. The number of aromatic amines is 1. The monoisotopic (exact) mass is 531 g/mol. The Morgan fingerprint density at radius 1 is 1.32 bits per heavy atom. The lowest BCUT2D eigenvalue weighted by Crippen LogP contribution is -2.56. The number of ether oxygens (including phenoxy) is 1. The van der Waals surface area contributed by atoms with Crippen molar-refractivity contribution in [3.63, 3.8) is 0 Å². The number of nitrogens with one attached hydrogen (secondary N) is 2. The standard InChI is InChI=1S/C25H24F3N5O5/c1-10-15(6-5-12(9-29)17(10)25(26,27)28)33-21(36)18-19(22(33)37)24(4)16(8-23(18,3)38-24)30-20(35)14-7-13(11(2)34)31-32-14/h5-7,11,16,18-19,34H,8H2,1-4H3,(H,30,35)(H,31,32)/t11?,16-,18-,19+,23-,24+/m1/s1. The molecule has 38 heavy (non-hydrogen) atoms. The molecule has 1 aromatic heterocycles. The van der Waals surface area contributed by atoms with Crippen molar-refractivity contribution in [3.8, 4) is 6.07 Å². The first-order valence-electron chi connectivity index (χ1n) is 11.9. The Balaban J connectivity index is 1.49. The summed E-state index contributed by atoms with van der Waals surface area (Å²) in [5.74, 6) is -4.03. The number of hydrogen-bond donors (Lipinski definition) is 3. The highest BCUT2D eigenvalue weighted by Crippen LogP contribution is 2.61. The Hall–Kier alpha value is -3.76. The molecule has 200 valence electrons. The van der Waals surface area contributed by atoms with Gasteiger partial charge in [0.25, 0.3) is 5.91 Å². The number of benzene rings is 1. The molecule has 3 aliphatic heterocycles. The van der Waals surface area contributed by atoms with Crippen molar-refractivity contribution < 1.29 is 37.4 Å². The lowest BCUT2D eigenvalue weighted by atomic mass is 9.66. The van der Waals surface area contributed by atoms with Crippen molar-refractivity contribution in [1.82, 2.24) is 15.5 Å². The molecule has 6 atom stereocenters. The maximum absolute atomic E-state index is 13.8. The lowest BCUT2D eigenvalue weighted by Gasteiger charge is -2.35. The predicted molar refractivity (Wildman–Crippen MR) is 123 cm³/mol. The topological polar surface area (TPSA) is 148 Å². The number of alkyl halides is 3. The quantitative estimate of drug-likeness (QED) is 0.514. The van der Waals surface area contributed by atoms with E-state index in [9.17, 15) is 37.9 Å². The number of imide groups is 1. The SMILES string of the molecule is Cc1c(N2C(=O)[C@@H]3[C@H](C2=O)[C@@]2(C)C[C@@H](NC(=O)c4cc(C(C)O)[nH]n4)[C@]3(C)O2)ccc(C#N)c1C(F)(F)F. The van der Waals surface area contributed by atoms with Crippen LogP contribution in [0.3, 0.4) is 0 Å². The molecule has 5 rings (SSSR count). The summed E-state index contributed by atoms with van der Waals surface area (Å²) >= 11 is 0. The molecule has 0 saturated carbocycles. The summed E-state index contributed by atoms with van der Waals surface area (Å²) in [4.78, 5) is 40.9. The number of fused-ring (bicyclic) bond motifs is 5. The highest BCUT2D eigenvalue weighted by Gasteiger charge is 2.76.